The quantitative estimate of drug-likeness (QED) is 0.830. The highest BCUT2D eigenvalue weighted by atomic mass is 19.1. The van der Waals surface area contributed by atoms with Crippen molar-refractivity contribution in [1.29, 1.82) is 0 Å². The molecule has 0 spiro atoms. The van der Waals surface area contributed by atoms with Crippen molar-refractivity contribution in [1.82, 2.24) is 0 Å². The molecule has 0 saturated carbocycles. The van der Waals surface area contributed by atoms with Gasteiger partial charge in [-0.25, -0.2) is 4.39 Å². The van der Waals surface area contributed by atoms with Crippen LogP contribution in [-0.2, 0) is 6.42 Å². The lowest BCUT2D eigenvalue weighted by Crippen LogP contribution is -2.13. The van der Waals surface area contributed by atoms with Gasteiger partial charge in [0.25, 0.3) is 5.91 Å². The topological polar surface area (TPSA) is 55.1 Å². The third-order valence-corrected chi connectivity index (χ3v) is 2.86. The Morgan fingerprint density at radius 2 is 1.89 bits per heavy atom. The van der Waals surface area contributed by atoms with Gasteiger partial charge in [0, 0.05) is 16.9 Å². The van der Waals surface area contributed by atoms with Crippen LogP contribution >= 0.6 is 0 Å². The molecule has 0 radical (unpaired) electrons. The number of benzene rings is 2. The Kier molecular flexibility index (Phi) is 3.80. The molecule has 2 rings (SSSR count). The average Bonchev–Trinajstić information content (AvgIpc) is 2.41. The molecule has 3 nitrogen and oxygen atoms in total. The number of amides is 1. The van der Waals surface area contributed by atoms with Gasteiger partial charge in [0.2, 0.25) is 0 Å². The number of rotatable bonds is 3. The smallest absolute Gasteiger partial charge is 0.255 e. The third-order valence-electron chi connectivity index (χ3n) is 2.86. The molecule has 3 N–H and O–H groups in total. The zero-order valence-corrected chi connectivity index (χ0v) is 10.6. The van der Waals surface area contributed by atoms with Crippen molar-refractivity contribution in [2.75, 3.05) is 11.1 Å². The van der Waals surface area contributed by atoms with Crippen LogP contribution < -0.4 is 11.1 Å². The molecule has 0 fully saturated rings. The zero-order chi connectivity index (χ0) is 13.8. The molecule has 0 heterocycles. The van der Waals surface area contributed by atoms with Crippen molar-refractivity contribution < 1.29 is 9.18 Å². The Bertz CT molecular complexity index is 594. The zero-order valence-electron chi connectivity index (χ0n) is 10.6. The highest BCUT2D eigenvalue weighted by molar-refractivity contribution is 6.04. The van der Waals surface area contributed by atoms with E-state index in [0.717, 1.165) is 17.7 Å². The van der Waals surface area contributed by atoms with E-state index in [9.17, 15) is 9.18 Å². The Morgan fingerprint density at radius 3 is 2.53 bits per heavy atom. The van der Waals surface area contributed by atoms with Crippen molar-refractivity contribution in [2.45, 2.75) is 13.3 Å². The molecule has 1 amide bonds. The van der Waals surface area contributed by atoms with E-state index >= 15 is 0 Å². The number of carbonyl (C=O) groups excluding carboxylic acids is 1. The summed E-state index contributed by atoms with van der Waals surface area (Å²) < 4.78 is 12.8. The highest BCUT2D eigenvalue weighted by Crippen LogP contribution is 2.20. The van der Waals surface area contributed by atoms with Gasteiger partial charge >= 0.3 is 0 Å². The van der Waals surface area contributed by atoms with Gasteiger partial charge in [-0.15, -0.1) is 0 Å². The van der Waals surface area contributed by atoms with Gasteiger partial charge < -0.3 is 11.1 Å². The van der Waals surface area contributed by atoms with Crippen LogP contribution in [0.5, 0.6) is 0 Å². The predicted octanol–water partition coefficient (Wildman–Crippen LogP) is 3.22. The average molecular weight is 258 g/mol. The van der Waals surface area contributed by atoms with Crippen molar-refractivity contribution >= 4 is 17.3 Å². The number of aryl methyl sites for hydroxylation is 1. The summed E-state index contributed by atoms with van der Waals surface area (Å²) in [5.41, 5.74) is 8.48. The molecule has 4 heteroatoms. The first-order valence-corrected chi connectivity index (χ1v) is 6.05. The number of anilines is 2. The normalized spacial score (nSPS) is 10.2. The summed E-state index contributed by atoms with van der Waals surface area (Å²) in [4.78, 5) is 12.0. The van der Waals surface area contributed by atoms with Crippen molar-refractivity contribution in [2.24, 2.45) is 0 Å². The van der Waals surface area contributed by atoms with Crippen LogP contribution in [-0.4, -0.2) is 5.91 Å². The van der Waals surface area contributed by atoms with Crippen LogP contribution in [0.3, 0.4) is 0 Å². The number of nitrogens with two attached hydrogens (primary N) is 1. The van der Waals surface area contributed by atoms with Gasteiger partial charge in [0.05, 0.1) is 0 Å². The molecule has 0 atom stereocenters. The van der Waals surface area contributed by atoms with Crippen LogP contribution in [0.4, 0.5) is 15.8 Å². The Balaban J connectivity index is 2.21. The molecular weight excluding hydrogens is 243 g/mol. The maximum atomic E-state index is 12.8. The molecule has 98 valence electrons. The van der Waals surface area contributed by atoms with Gasteiger partial charge in [0.15, 0.2) is 0 Å². The Labute approximate surface area is 111 Å². The van der Waals surface area contributed by atoms with E-state index < -0.39 is 0 Å². The fraction of sp³-hybridized carbons (Fsp3) is 0.133. The molecule has 0 aliphatic heterocycles. The summed E-state index contributed by atoms with van der Waals surface area (Å²) in [5, 5.41) is 2.81. The number of nitrogens with one attached hydrogen (secondary N) is 1. The van der Waals surface area contributed by atoms with E-state index in [2.05, 4.69) is 5.32 Å². The molecule has 0 aliphatic carbocycles. The summed E-state index contributed by atoms with van der Waals surface area (Å²) in [6.45, 7) is 1.99. The second-order valence-electron chi connectivity index (χ2n) is 4.23. The second kappa shape index (κ2) is 5.52. The minimum atomic E-state index is -0.363. The van der Waals surface area contributed by atoms with Gasteiger partial charge in [-0.05, 0) is 54.4 Å². The standard InChI is InChI=1S/C15H15FN2O/c1-2-10-9-13(17)7-8-14(10)18-15(19)11-3-5-12(16)6-4-11/h3-9H,2,17H2,1H3,(H,18,19). The highest BCUT2D eigenvalue weighted by Gasteiger charge is 2.08. The Hall–Kier alpha value is -2.36. The minimum Gasteiger partial charge on any atom is -0.399 e. The predicted molar refractivity (Wildman–Crippen MR) is 74.6 cm³/mol. The van der Waals surface area contributed by atoms with Crippen LogP contribution in [0.15, 0.2) is 42.5 Å². The minimum absolute atomic E-state index is 0.264. The second-order valence-corrected chi connectivity index (χ2v) is 4.23. The van der Waals surface area contributed by atoms with E-state index in [1.165, 1.54) is 24.3 Å². The van der Waals surface area contributed by atoms with E-state index in [1.807, 2.05) is 13.0 Å². The first-order valence-electron chi connectivity index (χ1n) is 6.05. The molecule has 0 unspecified atom stereocenters. The van der Waals surface area contributed by atoms with Crippen LogP contribution in [0, 0.1) is 5.82 Å². The summed E-state index contributed by atoms with van der Waals surface area (Å²) in [7, 11) is 0. The lowest BCUT2D eigenvalue weighted by atomic mass is 10.1. The monoisotopic (exact) mass is 258 g/mol. The molecule has 19 heavy (non-hydrogen) atoms. The lowest BCUT2D eigenvalue weighted by molar-refractivity contribution is 0.102. The lowest BCUT2D eigenvalue weighted by Gasteiger charge is -2.10. The summed E-state index contributed by atoms with van der Waals surface area (Å²) in [6, 6.07) is 10.8. The molecular formula is C15H15FN2O. The van der Waals surface area contributed by atoms with Crippen LogP contribution in [0.25, 0.3) is 0 Å². The van der Waals surface area contributed by atoms with E-state index in [0.29, 0.717) is 11.3 Å². The van der Waals surface area contributed by atoms with Crippen molar-refractivity contribution in [3.63, 3.8) is 0 Å². The van der Waals surface area contributed by atoms with Gasteiger partial charge in [-0.3, -0.25) is 4.79 Å². The van der Waals surface area contributed by atoms with Crippen LogP contribution in [0.2, 0.25) is 0 Å². The molecule has 2 aromatic rings. The van der Waals surface area contributed by atoms with Gasteiger partial charge in [0.1, 0.15) is 5.82 Å². The first-order chi connectivity index (χ1) is 9.10. The summed E-state index contributed by atoms with van der Waals surface area (Å²) in [5.74, 6) is -0.627. The maximum Gasteiger partial charge on any atom is 0.255 e. The van der Waals surface area contributed by atoms with E-state index in [4.69, 9.17) is 5.73 Å². The number of halogens is 1. The number of hydrogen-bond acceptors (Lipinski definition) is 2. The Morgan fingerprint density at radius 1 is 1.21 bits per heavy atom. The maximum absolute atomic E-state index is 12.8. The molecule has 0 aliphatic rings. The van der Waals surface area contributed by atoms with Gasteiger partial charge in [-0.1, -0.05) is 6.92 Å². The fourth-order valence-electron chi connectivity index (χ4n) is 1.82. The fourth-order valence-corrected chi connectivity index (χ4v) is 1.82. The summed E-state index contributed by atoms with van der Waals surface area (Å²) >= 11 is 0. The molecule has 0 saturated heterocycles. The number of nitrogen functional groups attached to an aromatic ring is 1. The molecule has 2 aromatic carbocycles. The molecule has 0 bridgehead atoms. The number of carbonyl (C=O) groups is 1. The van der Waals surface area contributed by atoms with E-state index in [-0.39, 0.29) is 11.7 Å². The third kappa shape index (κ3) is 3.10. The SMILES string of the molecule is CCc1cc(N)ccc1NC(=O)c1ccc(F)cc1. The van der Waals surface area contributed by atoms with E-state index in [1.54, 1.807) is 12.1 Å². The largest absolute Gasteiger partial charge is 0.399 e. The van der Waals surface area contributed by atoms with Crippen LogP contribution in [0.1, 0.15) is 22.8 Å². The van der Waals surface area contributed by atoms with Crippen molar-refractivity contribution in [3.8, 4) is 0 Å². The first kappa shape index (κ1) is 13.1. The van der Waals surface area contributed by atoms with Crippen molar-refractivity contribution in [3.05, 3.63) is 59.4 Å². The van der Waals surface area contributed by atoms with Gasteiger partial charge in [-0.2, -0.15) is 0 Å². The summed E-state index contributed by atoms with van der Waals surface area (Å²) in [6.07, 6.45) is 0.768. The number of hydrogen-bond donors (Lipinski definition) is 2. The molecule has 0 aromatic heterocycles.